The molecular formula is C19H30BrN. The van der Waals surface area contributed by atoms with E-state index in [-0.39, 0.29) is 0 Å². The van der Waals surface area contributed by atoms with Crippen LogP contribution in [0.5, 0.6) is 0 Å². The molecule has 0 aliphatic heterocycles. The molecule has 1 saturated carbocycles. The highest BCUT2D eigenvalue weighted by atomic mass is 79.9. The van der Waals surface area contributed by atoms with Crippen molar-refractivity contribution in [2.75, 3.05) is 5.32 Å². The summed E-state index contributed by atoms with van der Waals surface area (Å²) in [6.45, 7) is 2.20. The van der Waals surface area contributed by atoms with Gasteiger partial charge in [0.05, 0.1) is 0 Å². The van der Waals surface area contributed by atoms with Crippen LogP contribution in [-0.2, 0) is 0 Å². The van der Waals surface area contributed by atoms with E-state index in [0.717, 1.165) is 0 Å². The van der Waals surface area contributed by atoms with Crippen LogP contribution in [0.1, 0.15) is 76.2 Å². The third kappa shape index (κ3) is 6.42. The van der Waals surface area contributed by atoms with Crippen LogP contribution in [0.4, 0.5) is 5.69 Å². The topological polar surface area (TPSA) is 12.0 Å². The summed E-state index contributed by atoms with van der Waals surface area (Å²) >= 11 is 3.55. The third-order valence-corrected chi connectivity index (χ3v) is 5.15. The molecule has 0 radical (unpaired) electrons. The largest absolute Gasteiger partial charge is 0.382 e. The van der Waals surface area contributed by atoms with Gasteiger partial charge in [0.15, 0.2) is 0 Å². The minimum atomic E-state index is 0.657. The van der Waals surface area contributed by atoms with Crippen molar-refractivity contribution in [3.63, 3.8) is 0 Å². The Balaban J connectivity index is 1.90. The molecule has 21 heavy (non-hydrogen) atoms. The summed E-state index contributed by atoms with van der Waals surface area (Å²) in [5.41, 5.74) is 2.66. The van der Waals surface area contributed by atoms with Crippen LogP contribution < -0.4 is 5.32 Å². The lowest BCUT2D eigenvalue weighted by Gasteiger charge is -2.22. The molecule has 1 aromatic rings. The van der Waals surface area contributed by atoms with Crippen LogP contribution in [0.3, 0.4) is 0 Å². The smallest absolute Gasteiger partial charge is 0.0372 e. The molecular weight excluding hydrogens is 322 g/mol. The maximum atomic E-state index is 3.81. The van der Waals surface area contributed by atoms with Crippen LogP contribution in [-0.4, -0.2) is 6.04 Å². The standard InChI is InChI=1S/C19H30BrN/c1-16-15-17(20)13-14-19(16)21-18-11-9-7-5-3-2-4-6-8-10-12-18/h13-15,18,21H,2-12H2,1H3. The molecule has 118 valence electrons. The van der Waals surface area contributed by atoms with Gasteiger partial charge >= 0.3 is 0 Å². The fourth-order valence-electron chi connectivity index (χ4n) is 3.32. The number of aryl methyl sites for hydroxylation is 1. The number of hydrogen-bond acceptors (Lipinski definition) is 1. The summed E-state index contributed by atoms with van der Waals surface area (Å²) in [5, 5.41) is 3.81. The van der Waals surface area contributed by atoms with E-state index in [2.05, 4.69) is 46.4 Å². The molecule has 1 fully saturated rings. The number of benzene rings is 1. The first kappa shape index (κ1) is 16.9. The van der Waals surface area contributed by atoms with E-state index < -0.39 is 0 Å². The highest BCUT2D eigenvalue weighted by molar-refractivity contribution is 9.10. The number of hydrogen-bond donors (Lipinski definition) is 1. The molecule has 0 amide bonds. The fraction of sp³-hybridized carbons (Fsp3) is 0.684. The number of nitrogens with one attached hydrogen (secondary N) is 1. The highest BCUT2D eigenvalue weighted by Crippen LogP contribution is 2.24. The Hall–Kier alpha value is -0.500. The van der Waals surface area contributed by atoms with E-state index in [0.29, 0.717) is 6.04 Å². The molecule has 2 heteroatoms. The molecule has 0 heterocycles. The van der Waals surface area contributed by atoms with Crippen LogP contribution in [0, 0.1) is 6.92 Å². The summed E-state index contributed by atoms with van der Waals surface area (Å²) in [4.78, 5) is 0. The monoisotopic (exact) mass is 351 g/mol. The average molecular weight is 352 g/mol. The zero-order valence-electron chi connectivity index (χ0n) is 13.5. The van der Waals surface area contributed by atoms with Crippen molar-refractivity contribution in [2.45, 2.75) is 83.6 Å². The Morgan fingerprint density at radius 2 is 1.38 bits per heavy atom. The first-order chi connectivity index (χ1) is 10.3. The molecule has 0 unspecified atom stereocenters. The van der Waals surface area contributed by atoms with Crippen LogP contribution in [0.2, 0.25) is 0 Å². The lowest BCUT2D eigenvalue weighted by Crippen LogP contribution is -2.20. The van der Waals surface area contributed by atoms with E-state index in [1.807, 2.05) is 0 Å². The number of anilines is 1. The lowest BCUT2D eigenvalue weighted by atomic mass is 9.97. The Morgan fingerprint density at radius 3 is 1.90 bits per heavy atom. The van der Waals surface area contributed by atoms with Crippen molar-refractivity contribution in [3.8, 4) is 0 Å². The van der Waals surface area contributed by atoms with E-state index in [4.69, 9.17) is 0 Å². The zero-order chi connectivity index (χ0) is 14.9. The predicted molar refractivity (Wildman–Crippen MR) is 97.1 cm³/mol. The van der Waals surface area contributed by atoms with E-state index >= 15 is 0 Å². The summed E-state index contributed by atoms with van der Waals surface area (Å²) in [7, 11) is 0. The van der Waals surface area contributed by atoms with Crippen molar-refractivity contribution in [1.29, 1.82) is 0 Å². The minimum absolute atomic E-state index is 0.657. The van der Waals surface area contributed by atoms with Crippen molar-refractivity contribution < 1.29 is 0 Å². The second kappa shape index (κ2) is 9.50. The van der Waals surface area contributed by atoms with Gasteiger partial charge in [-0.3, -0.25) is 0 Å². The first-order valence-corrected chi connectivity index (χ1v) is 9.58. The van der Waals surface area contributed by atoms with Gasteiger partial charge in [-0.05, 0) is 43.5 Å². The lowest BCUT2D eigenvalue weighted by molar-refractivity contribution is 0.480. The Labute approximate surface area is 139 Å². The van der Waals surface area contributed by atoms with Crippen molar-refractivity contribution >= 4 is 21.6 Å². The van der Waals surface area contributed by atoms with Gasteiger partial charge in [0.25, 0.3) is 0 Å². The molecule has 1 aliphatic rings. The zero-order valence-corrected chi connectivity index (χ0v) is 15.1. The van der Waals surface area contributed by atoms with Crippen molar-refractivity contribution in [2.24, 2.45) is 0 Å². The van der Waals surface area contributed by atoms with E-state index in [1.165, 1.54) is 86.4 Å². The third-order valence-electron chi connectivity index (χ3n) is 4.65. The first-order valence-electron chi connectivity index (χ1n) is 8.78. The average Bonchev–Trinajstić information content (AvgIpc) is 2.44. The molecule has 1 aromatic carbocycles. The molecule has 1 aliphatic carbocycles. The van der Waals surface area contributed by atoms with Crippen LogP contribution in [0.15, 0.2) is 22.7 Å². The maximum Gasteiger partial charge on any atom is 0.0372 e. The van der Waals surface area contributed by atoms with Gasteiger partial charge in [-0.15, -0.1) is 0 Å². The van der Waals surface area contributed by atoms with Gasteiger partial charge in [0.2, 0.25) is 0 Å². The maximum absolute atomic E-state index is 3.81. The Kier molecular flexibility index (Phi) is 7.63. The Morgan fingerprint density at radius 1 is 0.857 bits per heavy atom. The minimum Gasteiger partial charge on any atom is -0.382 e. The van der Waals surface area contributed by atoms with Gasteiger partial charge < -0.3 is 5.32 Å². The molecule has 0 saturated heterocycles. The number of rotatable bonds is 2. The van der Waals surface area contributed by atoms with E-state index in [9.17, 15) is 0 Å². The summed E-state index contributed by atoms with van der Waals surface area (Å²) in [6, 6.07) is 7.22. The molecule has 1 N–H and O–H groups in total. The SMILES string of the molecule is Cc1cc(Br)ccc1NC1CCCCCCCCCCC1. The van der Waals surface area contributed by atoms with Gasteiger partial charge in [0.1, 0.15) is 0 Å². The summed E-state index contributed by atoms with van der Waals surface area (Å²) < 4.78 is 1.17. The van der Waals surface area contributed by atoms with Crippen LogP contribution >= 0.6 is 15.9 Å². The quantitative estimate of drug-likeness (QED) is 0.614. The summed E-state index contributed by atoms with van der Waals surface area (Å²) in [6.07, 6.45) is 15.5. The van der Waals surface area contributed by atoms with Gasteiger partial charge in [0, 0.05) is 16.2 Å². The molecule has 0 bridgehead atoms. The van der Waals surface area contributed by atoms with Crippen molar-refractivity contribution in [1.82, 2.24) is 0 Å². The fourth-order valence-corrected chi connectivity index (χ4v) is 3.79. The molecule has 0 atom stereocenters. The summed E-state index contributed by atoms with van der Waals surface area (Å²) in [5.74, 6) is 0. The molecule has 1 nitrogen and oxygen atoms in total. The Bertz CT molecular complexity index is 404. The van der Waals surface area contributed by atoms with Crippen molar-refractivity contribution in [3.05, 3.63) is 28.2 Å². The van der Waals surface area contributed by atoms with Crippen LogP contribution in [0.25, 0.3) is 0 Å². The van der Waals surface area contributed by atoms with Gasteiger partial charge in [-0.25, -0.2) is 0 Å². The second-order valence-electron chi connectivity index (χ2n) is 6.56. The van der Waals surface area contributed by atoms with E-state index in [1.54, 1.807) is 0 Å². The second-order valence-corrected chi connectivity index (χ2v) is 7.48. The normalized spacial score (nSPS) is 19.5. The highest BCUT2D eigenvalue weighted by Gasteiger charge is 2.10. The molecule has 2 rings (SSSR count). The number of halogens is 1. The predicted octanol–water partition coefficient (Wildman–Crippen LogP) is 6.84. The van der Waals surface area contributed by atoms with Gasteiger partial charge in [-0.1, -0.05) is 73.7 Å². The van der Waals surface area contributed by atoms with Gasteiger partial charge in [-0.2, -0.15) is 0 Å². The molecule has 0 aromatic heterocycles. The molecule has 0 spiro atoms.